The summed E-state index contributed by atoms with van der Waals surface area (Å²) in [6.07, 6.45) is -2.82. The Morgan fingerprint density at radius 2 is 1.66 bits per heavy atom. The summed E-state index contributed by atoms with van der Waals surface area (Å²) in [7, 11) is -6.10. The quantitative estimate of drug-likeness (QED) is 0.429. The second-order valence-corrected chi connectivity index (χ2v) is 18.3. The number of hydrogen-bond acceptors (Lipinski definition) is 6. The number of benzene rings is 1. The van der Waals surface area contributed by atoms with Crippen molar-refractivity contribution in [2.24, 2.45) is 0 Å². The van der Waals surface area contributed by atoms with Crippen LogP contribution in [0.15, 0.2) is 29.2 Å². The van der Waals surface area contributed by atoms with Gasteiger partial charge in [-0.05, 0) is 51.0 Å². The van der Waals surface area contributed by atoms with Crippen molar-refractivity contribution < 1.29 is 27.4 Å². The Hall–Kier alpha value is -0.333. The van der Waals surface area contributed by atoms with Crippen LogP contribution < -0.4 is 4.72 Å². The minimum absolute atomic E-state index is 0.0426. The highest BCUT2D eigenvalue weighted by Gasteiger charge is 2.60. The van der Waals surface area contributed by atoms with Crippen molar-refractivity contribution >= 4 is 34.3 Å². The van der Waals surface area contributed by atoms with E-state index in [-0.39, 0.29) is 9.93 Å². The van der Waals surface area contributed by atoms with Gasteiger partial charge in [0.1, 0.15) is 12.2 Å². The number of aliphatic hydroxyl groups excluding tert-OH is 1. The Morgan fingerprint density at radius 1 is 1.12 bits per heavy atom. The van der Waals surface area contributed by atoms with Crippen molar-refractivity contribution in [2.45, 2.75) is 106 Å². The number of ether oxygens (including phenoxy) is 2. The Labute approximate surface area is 201 Å². The molecule has 10 heteroatoms. The highest BCUT2D eigenvalue weighted by Crippen LogP contribution is 2.45. The van der Waals surface area contributed by atoms with Crippen LogP contribution in [0.25, 0.3) is 0 Å². The van der Waals surface area contributed by atoms with Gasteiger partial charge in [0.15, 0.2) is 14.1 Å². The van der Waals surface area contributed by atoms with Gasteiger partial charge in [-0.3, -0.25) is 0 Å². The van der Waals surface area contributed by atoms with Gasteiger partial charge in [0, 0.05) is 0 Å². The highest BCUT2D eigenvalue weighted by atomic mass is 79.9. The van der Waals surface area contributed by atoms with E-state index in [1.807, 2.05) is 6.92 Å². The average Bonchev–Trinajstić information content (AvgIpc) is 2.97. The maximum Gasteiger partial charge on any atom is 0.240 e. The zero-order valence-electron chi connectivity index (χ0n) is 20.0. The number of alkyl halides is 1. The third kappa shape index (κ3) is 5.17. The van der Waals surface area contributed by atoms with Crippen LogP contribution in [0.3, 0.4) is 0 Å². The number of rotatable bonds is 5. The number of aliphatic hydroxyl groups is 1. The molecule has 3 rings (SSSR count). The third-order valence-corrected chi connectivity index (χ3v) is 13.7. The van der Waals surface area contributed by atoms with Gasteiger partial charge < -0.3 is 19.0 Å². The lowest BCUT2D eigenvalue weighted by molar-refractivity contribution is -0.152. The van der Waals surface area contributed by atoms with Gasteiger partial charge in [-0.1, -0.05) is 54.4 Å². The van der Waals surface area contributed by atoms with Gasteiger partial charge in [-0.15, -0.1) is 0 Å². The van der Waals surface area contributed by atoms with Crippen LogP contribution in [0.4, 0.5) is 0 Å². The molecule has 1 aliphatic carbocycles. The second-order valence-electron chi connectivity index (χ2n) is 10.8. The summed E-state index contributed by atoms with van der Waals surface area (Å²) in [4.78, 5) is -0.406. The first-order chi connectivity index (χ1) is 14.5. The summed E-state index contributed by atoms with van der Waals surface area (Å²) in [5, 5.41) is 11.2. The number of halogens is 1. The van der Waals surface area contributed by atoms with Crippen molar-refractivity contribution in [1.82, 2.24) is 4.72 Å². The van der Waals surface area contributed by atoms with Crippen LogP contribution in [-0.4, -0.2) is 62.9 Å². The highest BCUT2D eigenvalue weighted by molar-refractivity contribution is 9.09. The van der Waals surface area contributed by atoms with Crippen molar-refractivity contribution in [3.8, 4) is 0 Å². The molecule has 2 N–H and O–H groups in total. The van der Waals surface area contributed by atoms with E-state index in [1.165, 1.54) is 0 Å². The molecule has 2 fully saturated rings. The van der Waals surface area contributed by atoms with Crippen LogP contribution in [0, 0.1) is 6.92 Å². The van der Waals surface area contributed by atoms with E-state index >= 15 is 0 Å². The van der Waals surface area contributed by atoms with Crippen LogP contribution in [0.2, 0.25) is 18.1 Å². The first kappa shape index (κ1) is 26.3. The molecule has 0 spiro atoms. The van der Waals surface area contributed by atoms with E-state index in [1.54, 1.807) is 38.1 Å². The number of sulfonamides is 1. The van der Waals surface area contributed by atoms with E-state index in [2.05, 4.69) is 54.5 Å². The van der Waals surface area contributed by atoms with Gasteiger partial charge in [0.25, 0.3) is 0 Å². The second kappa shape index (κ2) is 8.71. The third-order valence-electron chi connectivity index (χ3n) is 6.71. The first-order valence-electron chi connectivity index (χ1n) is 10.9. The van der Waals surface area contributed by atoms with Crippen LogP contribution in [-0.2, 0) is 23.9 Å². The monoisotopic (exact) mass is 549 g/mol. The van der Waals surface area contributed by atoms with E-state index in [4.69, 9.17) is 13.9 Å². The summed E-state index contributed by atoms with van der Waals surface area (Å²) < 4.78 is 47.9. The molecule has 32 heavy (non-hydrogen) atoms. The lowest BCUT2D eigenvalue weighted by Crippen LogP contribution is -2.67. The fourth-order valence-corrected chi connectivity index (χ4v) is 7.38. The SMILES string of the molecule is Cc1ccc(S(=O)(=O)N[C@@H]2[C@@H](O)[C@H](Br)[C@H](O[Si](C)(C)C(C)(C)C)[C@H]3OC(C)(C)O[C@@H]23)cc1. The average molecular weight is 551 g/mol. The van der Waals surface area contributed by atoms with Crippen LogP contribution >= 0.6 is 15.9 Å². The maximum atomic E-state index is 13.1. The van der Waals surface area contributed by atoms with Crippen molar-refractivity contribution in [2.75, 3.05) is 0 Å². The van der Waals surface area contributed by atoms with E-state index in [0.29, 0.717) is 0 Å². The predicted octanol–water partition coefficient (Wildman–Crippen LogP) is 3.69. The summed E-state index contributed by atoms with van der Waals surface area (Å²) in [5.74, 6) is -0.936. The molecule has 0 aromatic heterocycles. The summed E-state index contributed by atoms with van der Waals surface area (Å²) in [6.45, 7) is 16.2. The molecular weight excluding hydrogens is 514 g/mol. The minimum Gasteiger partial charge on any atom is -0.410 e. The molecule has 0 unspecified atom stereocenters. The zero-order chi connectivity index (χ0) is 24.3. The Bertz CT molecular complexity index is 931. The van der Waals surface area contributed by atoms with Gasteiger partial charge in [-0.2, -0.15) is 0 Å². The Morgan fingerprint density at radius 3 is 2.19 bits per heavy atom. The summed E-state index contributed by atoms with van der Waals surface area (Å²) in [5.41, 5.74) is 0.960. The molecule has 0 radical (unpaired) electrons. The predicted molar refractivity (Wildman–Crippen MR) is 130 cm³/mol. The molecule has 7 nitrogen and oxygen atoms in total. The van der Waals surface area contributed by atoms with E-state index < -0.39 is 59.4 Å². The molecule has 2 aliphatic rings. The Balaban J connectivity index is 1.93. The Kier molecular flexibility index (Phi) is 7.15. The van der Waals surface area contributed by atoms with Crippen molar-refractivity contribution in [3.05, 3.63) is 29.8 Å². The molecular formula is C22H36BrNO6SSi. The lowest BCUT2D eigenvalue weighted by atomic mass is 9.86. The van der Waals surface area contributed by atoms with Gasteiger partial charge in [-0.25, -0.2) is 13.1 Å². The molecule has 1 saturated heterocycles. The van der Waals surface area contributed by atoms with Gasteiger partial charge >= 0.3 is 0 Å². The fraction of sp³-hybridized carbons (Fsp3) is 0.727. The zero-order valence-corrected chi connectivity index (χ0v) is 23.5. The standard InChI is InChI=1S/C22H36BrNO6SSi/c1-13-9-11-14(12-10-13)31(26,27)24-16-17(25)15(23)18(30-32(7,8)21(2,3)4)20-19(16)28-22(5,6)29-20/h9-12,15-20,24-25H,1-8H3/t15-,16+,17-,18-,19-,20+/m0/s1. The number of aryl methyl sites for hydroxylation is 1. The normalized spacial score (nSPS) is 33.2. The first-order valence-corrected chi connectivity index (χ1v) is 16.2. The van der Waals surface area contributed by atoms with Crippen molar-refractivity contribution in [3.63, 3.8) is 0 Å². The molecule has 6 atom stereocenters. The number of fused-ring (bicyclic) bond motifs is 1. The van der Waals surface area contributed by atoms with E-state index in [0.717, 1.165) is 5.56 Å². The molecule has 1 heterocycles. The number of nitrogens with one attached hydrogen (secondary N) is 1. The number of hydrogen-bond donors (Lipinski definition) is 2. The molecule has 182 valence electrons. The minimum atomic E-state index is -3.88. The molecule has 1 aliphatic heterocycles. The van der Waals surface area contributed by atoms with E-state index in [9.17, 15) is 13.5 Å². The largest absolute Gasteiger partial charge is 0.410 e. The van der Waals surface area contributed by atoms with Crippen molar-refractivity contribution in [1.29, 1.82) is 0 Å². The summed E-state index contributed by atoms with van der Waals surface area (Å²) >= 11 is 3.60. The van der Waals surface area contributed by atoms with Gasteiger partial charge in [0.2, 0.25) is 10.0 Å². The molecule has 1 aromatic carbocycles. The lowest BCUT2D eigenvalue weighted by Gasteiger charge is -2.48. The maximum absolute atomic E-state index is 13.1. The smallest absolute Gasteiger partial charge is 0.240 e. The molecule has 0 amide bonds. The van der Waals surface area contributed by atoms with Gasteiger partial charge in [0.05, 0.1) is 28.0 Å². The van der Waals surface area contributed by atoms with Crippen LogP contribution in [0.5, 0.6) is 0 Å². The summed E-state index contributed by atoms with van der Waals surface area (Å²) in [6, 6.07) is 5.67. The topological polar surface area (TPSA) is 94.1 Å². The molecule has 0 bridgehead atoms. The molecule has 1 aromatic rings. The fourth-order valence-electron chi connectivity index (χ4n) is 3.87. The van der Waals surface area contributed by atoms with Crippen LogP contribution in [0.1, 0.15) is 40.2 Å². The molecule has 1 saturated carbocycles.